The molecule has 0 fully saturated rings. The van der Waals surface area contributed by atoms with Crippen LogP contribution in [-0.4, -0.2) is 40.1 Å². The van der Waals surface area contributed by atoms with E-state index in [1.165, 1.54) is 10.8 Å². The first-order valence-corrected chi connectivity index (χ1v) is 9.94. The lowest BCUT2D eigenvalue weighted by atomic mass is 10.0. The summed E-state index contributed by atoms with van der Waals surface area (Å²) in [4.78, 5) is 40.8. The molecule has 0 bridgehead atoms. The Hall–Kier alpha value is -4.07. The monoisotopic (exact) mass is 418 g/mol. The Bertz CT molecular complexity index is 1290. The highest BCUT2D eigenvalue weighted by Gasteiger charge is 2.21. The van der Waals surface area contributed by atoms with Crippen LogP contribution in [0.2, 0.25) is 0 Å². The predicted octanol–water partition coefficient (Wildman–Crippen LogP) is 4.52. The van der Waals surface area contributed by atoms with Crippen molar-refractivity contribution in [1.82, 2.24) is 14.9 Å². The van der Waals surface area contributed by atoms with Crippen LogP contribution in [0.4, 0.5) is 15.3 Å². The average Bonchev–Trinajstić information content (AvgIpc) is 3.35. The molecule has 2 aromatic carbocycles. The predicted molar refractivity (Wildman–Crippen MR) is 119 cm³/mol. The number of aromatic amines is 1. The van der Waals surface area contributed by atoms with Crippen LogP contribution in [-0.2, 0) is 4.74 Å². The summed E-state index contributed by atoms with van der Waals surface area (Å²) in [6.07, 6.45) is 2.62. The number of carbonyl (C=O) groups excluding carboxylic acids is 3. The number of nitrogens with zero attached hydrogens (tertiary/aromatic N) is 1. The molecule has 0 saturated heterocycles. The van der Waals surface area contributed by atoms with Crippen LogP contribution in [0, 0.1) is 0 Å². The molecular formula is C23H22N4O4. The largest absolute Gasteiger partial charge is 0.449 e. The lowest BCUT2D eigenvalue weighted by molar-refractivity contribution is 0.0956. The number of hydrogen-bond acceptors (Lipinski definition) is 4. The maximum absolute atomic E-state index is 12.9. The van der Waals surface area contributed by atoms with Gasteiger partial charge < -0.3 is 20.4 Å². The van der Waals surface area contributed by atoms with Crippen LogP contribution in [0.1, 0.15) is 24.2 Å². The number of rotatable bonds is 5. The molecule has 8 heteroatoms. The van der Waals surface area contributed by atoms with Gasteiger partial charge in [-0.3, -0.25) is 9.36 Å². The number of Topliss-reactive ketones (excluding diaryl/α,β-unsaturated/α-hetero) is 1. The number of aromatic nitrogens is 2. The highest BCUT2D eigenvalue weighted by molar-refractivity contribution is 6.12. The SMILES string of the molecule is CCOC(=O)n1cc(NC(=O)N[C@@H](C)C(=O)c2c[nH]c3ccccc23)c2ccccc21. The number of benzene rings is 2. The summed E-state index contributed by atoms with van der Waals surface area (Å²) in [6, 6.07) is 13.3. The first-order chi connectivity index (χ1) is 15.0. The van der Waals surface area contributed by atoms with Gasteiger partial charge in [-0.2, -0.15) is 0 Å². The molecular weight excluding hydrogens is 396 g/mol. The summed E-state index contributed by atoms with van der Waals surface area (Å²) in [7, 11) is 0. The zero-order valence-electron chi connectivity index (χ0n) is 17.1. The Morgan fingerprint density at radius 2 is 1.77 bits per heavy atom. The lowest BCUT2D eigenvalue weighted by Crippen LogP contribution is -2.41. The van der Waals surface area contributed by atoms with Crippen molar-refractivity contribution in [2.75, 3.05) is 11.9 Å². The topological polar surface area (TPSA) is 105 Å². The molecule has 0 unspecified atom stereocenters. The molecule has 0 aliphatic carbocycles. The van der Waals surface area contributed by atoms with E-state index in [9.17, 15) is 14.4 Å². The molecule has 0 spiro atoms. The van der Waals surface area contributed by atoms with E-state index in [1.54, 1.807) is 38.2 Å². The summed E-state index contributed by atoms with van der Waals surface area (Å²) >= 11 is 0. The van der Waals surface area contributed by atoms with Crippen molar-refractivity contribution in [2.24, 2.45) is 0 Å². The molecule has 4 aromatic rings. The minimum Gasteiger partial charge on any atom is -0.449 e. The zero-order valence-corrected chi connectivity index (χ0v) is 17.1. The maximum Gasteiger partial charge on any atom is 0.418 e. The number of ketones is 1. The van der Waals surface area contributed by atoms with Crippen LogP contribution < -0.4 is 10.6 Å². The van der Waals surface area contributed by atoms with E-state index in [0.29, 0.717) is 22.2 Å². The Kier molecular flexibility index (Phi) is 5.44. The quantitative estimate of drug-likeness (QED) is 0.414. The second-order valence-electron chi connectivity index (χ2n) is 7.06. The number of fused-ring (bicyclic) bond motifs is 2. The Morgan fingerprint density at radius 1 is 1.06 bits per heavy atom. The molecule has 2 amide bonds. The highest BCUT2D eigenvalue weighted by atomic mass is 16.5. The van der Waals surface area contributed by atoms with Crippen LogP contribution in [0.5, 0.6) is 0 Å². The molecule has 3 N–H and O–H groups in total. The van der Waals surface area contributed by atoms with Gasteiger partial charge in [-0.1, -0.05) is 36.4 Å². The van der Waals surface area contributed by atoms with E-state index in [-0.39, 0.29) is 12.4 Å². The van der Waals surface area contributed by atoms with Crippen molar-refractivity contribution < 1.29 is 19.1 Å². The van der Waals surface area contributed by atoms with Crippen molar-refractivity contribution in [3.63, 3.8) is 0 Å². The minimum absolute atomic E-state index is 0.207. The van der Waals surface area contributed by atoms with E-state index >= 15 is 0 Å². The van der Waals surface area contributed by atoms with Gasteiger partial charge in [0.25, 0.3) is 0 Å². The molecule has 2 heterocycles. The molecule has 2 aromatic heterocycles. The van der Waals surface area contributed by atoms with Crippen molar-refractivity contribution >= 4 is 45.4 Å². The number of para-hydroxylation sites is 2. The van der Waals surface area contributed by atoms with Gasteiger partial charge in [0.1, 0.15) is 0 Å². The van der Waals surface area contributed by atoms with Gasteiger partial charge in [0.05, 0.1) is 23.9 Å². The van der Waals surface area contributed by atoms with Crippen LogP contribution in [0.25, 0.3) is 21.8 Å². The van der Waals surface area contributed by atoms with E-state index in [2.05, 4.69) is 15.6 Å². The van der Waals surface area contributed by atoms with E-state index in [0.717, 1.165) is 10.9 Å². The van der Waals surface area contributed by atoms with Crippen molar-refractivity contribution in [2.45, 2.75) is 19.9 Å². The van der Waals surface area contributed by atoms with Gasteiger partial charge in [0, 0.05) is 34.2 Å². The molecule has 158 valence electrons. The highest BCUT2D eigenvalue weighted by Crippen LogP contribution is 2.26. The first-order valence-electron chi connectivity index (χ1n) is 9.94. The Morgan fingerprint density at radius 3 is 2.55 bits per heavy atom. The number of hydrogen-bond donors (Lipinski definition) is 3. The van der Waals surface area contributed by atoms with Gasteiger partial charge >= 0.3 is 12.1 Å². The zero-order chi connectivity index (χ0) is 22.0. The fourth-order valence-corrected chi connectivity index (χ4v) is 3.55. The number of urea groups is 1. The molecule has 0 radical (unpaired) electrons. The summed E-state index contributed by atoms with van der Waals surface area (Å²) < 4.78 is 6.42. The lowest BCUT2D eigenvalue weighted by Gasteiger charge is -2.13. The fourth-order valence-electron chi connectivity index (χ4n) is 3.55. The maximum atomic E-state index is 12.9. The average molecular weight is 418 g/mol. The molecule has 8 nitrogen and oxygen atoms in total. The molecule has 0 saturated carbocycles. The van der Waals surface area contributed by atoms with Gasteiger partial charge in [-0.15, -0.1) is 0 Å². The third-order valence-corrected chi connectivity index (χ3v) is 5.02. The first kappa shape index (κ1) is 20.2. The number of carbonyl (C=O) groups is 3. The van der Waals surface area contributed by atoms with Crippen LogP contribution in [0.15, 0.2) is 60.9 Å². The minimum atomic E-state index is -0.752. The third kappa shape index (κ3) is 3.87. The second kappa shape index (κ2) is 8.35. The summed E-state index contributed by atoms with van der Waals surface area (Å²) in [6.45, 7) is 3.59. The van der Waals surface area contributed by atoms with Crippen molar-refractivity contribution in [3.8, 4) is 0 Å². The van der Waals surface area contributed by atoms with Crippen molar-refractivity contribution in [1.29, 1.82) is 0 Å². The van der Waals surface area contributed by atoms with Crippen LogP contribution in [0.3, 0.4) is 0 Å². The Labute approximate surface area is 178 Å². The summed E-state index contributed by atoms with van der Waals surface area (Å²) in [5, 5.41) is 6.89. The van der Waals surface area contributed by atoms with E-state index in [1.807, 2.05) is 30.3 Å². The number of amides is 2. The molecule has 1 atom stereocenters. The molecule has 0 aliphatic heterocycles. The van der Waals surface area contributed by atoms with Gasteiger partial charge in [-0.25, -0.2) is 9.59 Å². The normalized spacial score (nSPS) is 11.9. The van der Waals surface area contributed by atoms with Crippen molar-refractivity contribution in [3.05, 3.63) is 66.5 Å². The number of H-pyrrole nitrogens is 1. The summed E-state index contributed by atoms with van der Waals surface area (Å²) in [5.41, 5.74) is 2.42. The second-order valence-corrected chi connectivity index (χ2v) is 7.06. The Balaban J connectivity index is 1.51. The van der Waals surface area contributed by atoms with Gasteiger partial charge in [0.15, 0.2) is 5.78 Å². The standard InChI is InChI=1S/C23H22N4O4/c1-3-31-23(30)27-13-19(16-9-5-7-11-20(16)27)26-22(29)25-14(2)21(28)17-12-24-18-10-6-4-8-15(17)18/h4-14,24H,3H2,1-2H3,(H2,25,26,29)/t14-/m0/s1. The number of anilines is 1. The molecule has 4 rings (SSSR count). The number of ether oxygens (including phenoxy) is 1. The van der Waals surface area contributed by atoms with Gasteiger partial charge in [0.2, 0.25) is 0 Å². The van der Waals surface area contributed by atoms with Gasteiger partial charge in [-0.05, 0) is 26.0 Å². The summed E-state index contributed by atoms with van der Waals surface area (Å²) in [5.74, 6) is -0.207. The van der Waals surface area contributed by atoms with Crippen LogP contribution >= 0.6 is 0 Å². The third-order valence-electron chi connectivity index (χ3n) is 5.02. The van der Waals surface area contributed by atoms with E-state index in [4.69, 9.17) is 4.74 Å². The smallest absolute Gasteiger partial charge is 0.418 e. The molecule has 0 aliphatic rings. The van der Waals surface area contributed by atoms with E-state index < -0.39 is 18.2 Å². The molecule has 31 heavy (non-hydrogen) atoms. The fraction of sp³-hybridized carbons (Fsp3) is 0.174. The number of nitrogens with one attached hydrogen (secondary N) is 3.